The van der Waals surface area contributed by atoms with E-state index in [9.17, 15) is 9.59 Å². The number of carbonyl (C=O) groups is 2. The monoisotopic (exact) mass is 379 g/mol. The number of carbonyl (C=O) groups excluding carboxylic acids is 2. The molecule has 6 nitrogen and oxygen atoms in total. The molecule has 136 valence electrons. The van der Waals surface area contributed by atoms with Gasteiger partial charge in [-0.1, -0.05) is 30.3 Å². The van der Waals surface area contributed by atoms with Gasteiger partial charge in [-0.05, 0) is 23.8 Å². The van der Waals surface area contributed by atoms with Crippen LogP contribution in [0.4, 0.5) is 10.8 Å². The summed E-state index contributed by atoms with van der Waals surface area (Å²) in [6.45, 7) is 0.0527. The molecule has 0 saturated carbocycles. The second-order valence-corrected chi connectivity index (χ2v) is 7.03. The zero-order chi connectivity index (χ0) is 18.8. The molecule has 0 saturated heterocycles. The topological polar surface area (TPSA) is 71.5 Å². The number of amides is 2. The lowest BCUT2D eigenvalue weighted by atomic mass is 10.1. The maximum Gasteiger partial charge on any atom is 0.264 e. The van der Waals surface area contributed by atoms with Crippen molar-refractivity contribution in [1.29, 1.82) is 0 Å². The summed E-state index contributed by atoms with van der Waals surface area (Å²) in [6.07, 6.45) is 0.304. The molecule has 1 aliphatic rings. The third-order valence-corrected chi connectivity index (χ3v) is 5.06. The van der Waals surface area contributed by atoms with Gasteiger partial charge in [0.15, 0.2) is 11.7 Å². The minimum Gasteiger partial charge on any atom is -0.482 e. The first-order valence-corrected chi connectivity index (χ1v) is 9.31. The van der Waals surface area contributed by atoms with E-state index in [-0.39, 0.29) is 18.4 Å². The lowest BCUT2D eigenvalue weighted by molar-refractivity contribution is -0.121. The number of likely N-dealkylation sites (N-methyl/N-ethyl adjacent to an activating group) is 1. The van der Waals surface area contributed by atoms with E-state index in [1.807, 2.05) is 53.9 Å². The molecule has 0 spiro atoms. The van der Waals surface area contributed by atoms with Crippen LogP contribution in [0.25, 0.3) is 11.3 Å². The van der Waals surface area contributed by atoms with E-state index in [1.54, 1.807) is 11.9 Å². The summed E-state index contributed by atoms with van der Waals surface area (Å²) in [6, 6.07) is 15.2. The maximum absolute atomic E-state index is 12.2. The standard InChI is InChI=1S/C20H17N3O3S/c1-23-16-10-14(7-8-17(16)26-11-19(23)25)15-12-27-20(21-15)22-18(24)9-13-5-3-2-4-6-13/h2-8,10,12H,9,11H2,1H3,(H,21,22,24). The number of nitrogens with zero attached hydrogens (tertiary/aromatic N) is 2. The highest BCUT2D eigenvalue weighted by Crippen LogP contribution is 2.36. The first kappa shape index (κ1) is 17.2. The predicted molar refractivity (Wildman–Crippen MR) is 105 cm³/mol. The van der Waals surface area contributed by atoms with E-state index >= 15 is 0 Å². The Morgan fingerprint density at radius 1 is 1.26 bits per heavy atom. The van der Waals surface area contributed by atoms with Crippen LogP contribution < -0.4 is 15.0 Å². The Kier molecular flexibility index (Phi) is 4.60. The Balaban J connectivity index is 1.50. The molecule has 4 rings (SSSR count). The van der Waals surface area contributed by atoms with Crippen molar-refractivity contribution < 1.29 is 14.3 Å². The maximum atomic E-state index is 12.2. The molecule has 7 heteroatoms. The van der Waals surface area contributed by atoms with Crippen LogP contribution in [0.3, 0.4) is 0 Å². The first-order valence-electron chi connectivity index (χ1n) is 8.43. The summed E-state index contributed by atoms with van der Waals surface area (Å²) in [7, 11) is 1.73. The molecule has 2 amide bonds. The van der Waals surface area contributed by atoms with Gasteiger partial charge in [0.2, 0.25) is 5.91 Å². The Morgan fingerprint density at radius 3 is 2.89 bits per heavy atom. The minimum atomic E-state index is -0.105. The highest BCUT2D eigenvalue weighted by molar-refractivity contribution is 7.14. The summed E-state index contributed by atoms with van der Waals surface area (Å²) in [4.78, 5) is 30.1. The number of ether oxygens (including phenoxy) is 1. The molecule has 0 aliphatic carbocycles. The fraction of sp³-hybridized carbons (Fsp3) is 0.150. The molecule has 0 radical (unpaired) electrons. The lowest BCUT2D eigenvalue weighted by Crippen LogP contribution is -2.35. The zero-order valence-electron chi connectivity index (χ0n) is 14.6. The highest BCUT2D eigenvalue weighted by Gasteiger charge is 2.23. The zero-order valence-corrected chi connectivity index (χ0v) is 15.5. The van der Waals surface area contributed by atoms with Crippen molar-refractivity contribution in [3.63, 3.8) is 0 Å². The smallest absolute Gasteiger partial charge is 0.264 e. The molecule has 0 fully saturated rings. The van der Waals surface area contributed by atoms with Crippen molar-refractivity contribution in [2.75, 3.05) is 23.9 Å². The molecule has 1 N–H and O–H groups in total. The molecule has 3 aromatic rings. The number of hydrogen-bond donors (Lipinski definition) is 1. The SMILES string of the molecule is CN1C(=O)COc2ccc(-c3csc(NC(=O)Cc4ccccc4)n3)cc21. The van der Waals surface area contributed by atoms with Crippen LogP contribution in [0.5, 0.6) is 5.75 Å². The van der Waals surface area contributed by atoms with Crippen LogP contribution in [0, 0.1) is 0 Å². The summed E-state index contributed by atoms with van der Waals surface area (Å²) in [5, 5.41) is 5.26. The molecule has 2 aromatic carbocycles. The third-order valence-electron chi connectivity index (χ3n) is 4.30. The van der Waals surface area contributed by atoms with Gasteiger partial charge in [-0.3, -0.25) is 9.59 Å². The van der Waals surface area contributed by atoms with Gasteiger partial charge in [-0.25, -0.2) is 4.98 Å². The van der Waals surface area contributed by atoms with Crippen LogP contribution in [0.15, 0.2) is 53.9 Å². The Bertz CT molecular complexity index is 1000. The number of hydrogen-bond acceptors (Lipinski definition) is 5. The van der Waals surface area contributed by atoms with Crippen molar-refractivity contribution in [2.24, 2.45) is 0 Å². The van der Waals surface area contributed by atoms with Gasteiger partial charge in [0.05, 0.1) is 17.8 Å². The van der Waals surface area contributed by atoms with Gasteiger partial charge in [-0.2, -0.15) is 0 Å². The minimum absolute atomic E-state index is 0.0527. The summed E-state index contributed by atoms with van der Waals surface area (Å²) < 4.78 is 5.45. The summed E-state index contributed by atoms with van der Waals surface area (Å²) in [5.41, 5.74) is 3.27. The number of aromatic nitrogens is 1. The average molecular weight is 379 g/mol. The molecular formula is C20H17N3O3S. The van der Waals surface area contributed by atoms with Crippen molar-refractivity contribution in [3.8, 4) is 17.0 Å². The van der Waals surface area contributed by atoms with Gasteiger partial charge in [-0.15, -0.1) is 11.3 Å². The number of nitrogens with one attached hydrogen (secondary N) is 1. The van der Waals surface area contributed by atoms with E-state index in [4.69, 9.17) is 4.74 Å². The Hall–Kier alpha value is -3.19. The largest absolute Gasteiger partial charge is 0.482 e. The van der Waals surface area contributed by atoms with E-state index in [1.165, 1.54) is 11.3 Å². The first-order chi connectivity index (χ1) is 13.1. The average Bonchev–Trinajstić information content (AvgIpc) is 3.13. The van der Waals surface area contributed by atoms with E-state index in [0.717, 1.165) is 16.8 Å². The van der Waals surface area contributed by atoms with Gasteiger partial charge >= 0.3 is 0 Å². The van der Waals surface area contributed by atoms with Crippen molar-refractivity contribution >= 4 is 34.0 Å². The van der Waals surface area contributed by atoms with E-state index in [0.29, 0.717) is 23.0 Å². The number of thiazole rings is 1. The number of rotatable bonds is 4. The van der Waals surface area contributed by atoms with Gasteiger partial charge < -0.3 is 15.0 Å². The molecule has 0 unspecified atom stereocenters. The Morgan fingerprint density at radius 2 is 2.07 bits per heavy atom. The fourth-order valence-electron chi connectivity index (χ4n) is 2.84. The van der Waals surface area contributed by atoms with Gasteiger partial charge in [0.25, 0.3) is 5.91 Å². The fourth-order valence-corrected chi connectivity index (χ4v) is 3.58. The third kappa shape index (κ3) is 3.68. The van der Waals surface area contributed by atoms with Crippen LogP contribution in [0.1, 0.15) is 5.56 Å². The molecule has 0 bridgehead atoms. The number of anilines is 2. The normalized spacial score (nSPS) is 13.1. The van der Waals surface area contributed by atoms with Crippen molar-refractivity contribution in [2.45, 2.75) is 6.42 Å². The molecule has 1 aromatic heterocycles. The second-order valence-electron chi connectivity index (χ2n) is 6.17. The van der Waals surface area contributed by atoms with E-state index < -0.39 is 0 Å². The summed E-state index contributed by atoms with van der Waals surface area (Å²) in [5.74, 6) is 0.477. The Labute approximate surface area is 160 Å². The molecule has 1 aliphatic heterocycles. The van der Waals surface area contributed by atoms with Crippen LogP contribution in [0.2, 0.25) is 0 Å². The van der Waals surface area contributed by atoms with E-state index in [2.05, 4.69) is 10.3 Å². The van der Waals surface area contributed by atoms with Gasteiger partial charge in [0.1, 0.15) is 5.75 Å². The lowest BCUT2D eigenvalue weighted by Gasteiger charge is -2.26. The predicted octanol–water partition coefficient (Wildman–Crippen LogP) is 3.35. The number of benzene rings is 2. The molecule has 2 heterocycles. The number of fused-ring (bicyclic) bond motifs is 1. The van der Waals surface area contributed by atoms with Gasteiger partial charge in [0, 0.05) is 18.0 Å². The highest BCUT2D eigenvalue weighted by atomic mass is 32.1. The molecular weight excluding hydrogens is 362 g/mol. The molecule has 0 atom stereocenters. The van der Waals surface area contributed by atoms with Crippen molar-refractivity contribution in [3.05, 3.63) is 59.5 Å². The van der Waals surface area contributed by atoms with Crippen LogP contribution in [-0.4, -0.2) is 30.5 Å². The second kappa shape index (κ2) is 7.20. The van der Waals surface area contributed by atoms with Crippen LogP contribution >= 0.6 is 11.3 Å². The summed E-state index contributed by atoms with van der Waals surface area (Å²) >= 11 is 1.37. The van der Waals surface area contributed by atoms with Crippen LogP contribution in [-0.2, 0) is 16.0 Å². The quantitative estimate of drug-likeness (QED) is 0.755. The van der Waals surface area contributed by atoms with Crippen molar-refractivity contribution in [1.82, 2.24) is 4.98 Å². The molecule has 27 heavy (non-hydrogen) atoms.